The molecule has 1 unspecified atom stereocenters. The summed E-state index contributed by atoms with van der Waals surface area (Å²) in [5.74, 6) is 0. The van der Waals surface area contributed by atoms with Crippen LogP contribution in [0.5, 0.6) is 0 Å². The molecule has 1 rings (SSSR count). The molecular formula is C12H22N2O2S2. The zero-order valence-corrected chi connectivity index (χ0v) is 13.0. The van der Waals surface area contributed by atoms with Gasteiger partial charge >= 0.3 is 0 Å². The molecule has 0 aliphatic heterocycles. The van der Waals surface area contributed by atoms with Gasteiger partial charge in [-0.05, 0) is 30.9 Å². The Morgan fingerprint density at radius 2 is 2.00 bits per heavy atom. The summed E-state index contributed by atoms with van der Waals surface area (Å²) in [6.07, 6.45) is 0. The zero-order valence-electron chi connectivity index (χ0n) is 11.4. The third-order valence-electron chi connectivity index (χ3n) is 2.75. The molecule has 0 aromatic carbocycles. The first-order valence-corrected chi connectivity index (χ1v) is 8.50. The molecular weight excluding hydrogens is 268 g/mol. The first kappa shape index (κ1) is 15.6. The van der Waals surface area contributed by atoms with E-state index in [1.807, 2.05) is 32.2 Å². The number of hydrogen-bond donors (Lipinski definition) is 2. The van der Waals surface area contributed by atoms with Gasteiger partial charge in [0.1, 0.15) is 0 Å². The summed E-state index contributed by atoms with van der Waals surface area (Å²) in [7, 11) is -3.25. The van der Waals surface area contributed by atoms with Crippen LogP contribution in [-0.2, 0) is 16.6 Å². The smallest absolute Gasteiger partial charge is 0.215 e. The Morgan fingerprint density at radius 3 is 2.50 bits per heavy atom. The third kappa shape index (κ3) is 4.68. The van der Waals surface area contributed by atoms with Crippen LogP contribution in [-0.4, -0.2) is 26.3 Å². The van der Waals surface area contributed by atoms with Crippen molar-refractivity contribution in [2.45, 2.75) is 45.5 Å². The number of hydrogen-bond acceptors (Lipinski definition) is 4. The van der Waals surface area contributed by atoms with Crippen LogP contribution >= 0.6 is 11.3 Å². The Hall–Kier alpha value is -0.430. The molecule has 0 bridgehead atoms. The van der Waals surface area contributed by atoms with Gasteiger partial charge in [0.25, 0.3) is 0 Å². The molecule has 0 spiro atoms. The fourth-order valence-corrected chi connectivity index (χ4v) is 3.29. The average Bonchev–Trinajstić information content (AvgIpc) is 2.69. The van der Waals surface area contributed by atoms with Crippen LogP contribution in [0.2, 0.25) is 0 Å². The lowest BCUT2D eigenvalue weighted by Gasteiger charge is -2.16. The van der Waals surface area contributed by atoms with Crippen molar-refractivity contribution in [2.24, 2.45) is 0 Å². The summed E-state index contributed by atoms with van der Waals surface area (Å²) in [5, 5.41) is 4.68. The maximum atomic E-state index is 12.0. The first-order chi connectivity index (χ1) is 8.33. The molecule has 0 radical (unpaired) electrons. The lowest BCUT2D eigenvalue weighted by Crippen LogP contribution is -2.40. The monoisotopic (exact) mass is 290 g/mol. The Balaban J connectivity index is 2.51. The van der Waals surface area contributed by atoms with E-state index in [0.717, 1.165) is 10.4 Å². The molecule has 2 N–H and O–H groups in total. The molecule has 0 saturated carbocycles. The SMILES string of the molecule is Cc1ccsc1CNS(=O)(=O)C(C)CNC(C)C. The van der Waals surface area contributed by atoms with Gasteiger partial charge in [0, 0.05) is 24.0 Å². The molecule has 0 aliphatic carbocycles. The summed E-state index contributed by atoms with van der Waals surface area (Å²) in [6.45, 7) is 8.57. The first-order valence-electron chi connectivity index (χ1n) is 6.07. The molecule has 4 nitrogen and oxygen atoms in total. The molecule has 18 heavy (non-hydrogen) atoms. The van der Waals surface area contributed by atoms with Gasteiger partial charge in [-0.3, -0.25) is 0 Å². The van der Waals surface area contributed by atoms with Crippen molar-refractivity contribution in [3.63, 3.8) is 0 Å². The minimum Gasteiger partial charge on any atom is -0.313 e. The highest BCUT2D eigenvalue weighted by molar-refractivity contribution is 7.90. The highest BCUT2D eigenvalue weighted by Crippen LogP contribution is 2.15. The van der Waals surface area contributed by atoms with E-state index >= 15 is 0 Å². The van der Waals surface area contributed by atoms with E-state index in [4.69, 9.17) is 0 Å². The lowest BCUT2D eigenvalue weighted by molar-refractivity contribution is 0.540. The van der Waals surface area contributed by atoms with E-state index in [9.17, 15) is 8.42 Å². The van der Waals surface area contributed by atoms with Gasteiger partial charge in [0.2, 0.25) is 10.0 Å². The van der Waals surface area contributed by atoms with Crippen molar-refractivity contribution < 1.29 is 8.42 Å². The van der Waals surface area contributed by atoms with E-state index in [1.165, 1.54) is 0 Å². The summed E-state index contributed by atoms with van der Waals surface area (Å²) >= 11 is 1.58. The minimum absolute atomic E-state index is 0.294. The second kappa shape index (κ2) is 6.65. The van der Waals surface area contributed by atoms with Gasteiger partial charge in [-0.25, -0.2) is 13.1 Å². The van der Waals surface area contributed by atoms with Crippen molar-refractivity contribution in [1.29, 1.82) is 0 Å². The Labute approximate surface area is 114 Å². The molecule has 104 valence electrons. The van der Waals surface area contributed by atoms with Gasteiger partial charge in [0.05, 0.1) is 5.25 Å². The second-order valence-corrected chi connectivity index (χ2v) is 7.95. The topological polar surface area (TPSA) is 58.2 Å². The molecule has 0 amide bonds. The van der Waals surface area contributed by atoms with Crippen LogP contribution in [0.15, 0.2) is 11.4 Å². The van der Waals surface area contributed by atoms with Crippen LogP contribution in [0.25, 0.3) is 0 Å². The average molecular weight is 290 g/mol. The summed E-state index contributed by atoms with van der Waals surface area (Å²) in [5.41, 5.74) is 1.13. The number of rotatable bonds is 7. The summed E-state index contributed by atoms with van der Waals surface area (Å²) < 4.78 is 26.7. The van der Waals surface area contributed by atoms with Gasteiger partial charge in [-0.1, -0.05) is 13.8 Å². The van der Waals surface area contributed by atoms with Crippen LogP contribution in [0.4, 0.5) is 0 Å². The normalized spacial score (nSPS) is 14.1. The van der Waals surface area contributed by atoms with Gasteiger partial charge < -0.3 is 5.32 Å². The zero-order chi connectivity index (χ0) is 13.8. The lowest BCUT2D eigenvalue weighted by atomic mass is 10.3. The molecule has 1 atom stereocenters. The standard InChI is InChI=1S/C12H22N2O2S2/c1-9(2)13-7-11(4)18(15,16)14-8-12-10(3)5-6-17-12/h5-6,9,11,13-14H,7-8H2,1-4H3. The maximum absolute atomic E-state index is 12.0. The number of thiophene rings is 1. The predicted octanol–water partition coefficient (Wildman–Crippen LogP) is 1.86. The summed E-state index contributed by atoms with van der Waals surface area (Å²) in [4.78, 5) is 1.07. The van der Waals surface area contributed by atoms with E-state index in [2.05, 4.69) is 10.0 Å². The Bertz CT molecular complexity index is 466. The van der Waals surface area contributed by atoms with Gasteiger partial charge in [-0.2, -0.15) is 0 Å². The quantitative estimate of drug-likeness (QED) is 0.806. The number of sulfonamides is 1. The largest absolute Gasteiger partial charge is 0.313 e. The number of aryl methyl sites for hydroxylation is 1. The minimum atomic E-state index is -3.25. The fraction of sp³-hybridized carbons (Fsp3) is 0.667. The highest BCUT2D eigenvalue weighted by Gasteiger charge is 2.20. The van der Waals surface area contributed by atoms with Crippen LogP contribution in [0.3, 0.4) is 0 Å². The van der Waals surface area contributed by atoms with Crippen LogP contribution < -0.4 is 10.0 Å². The second-order valence-electron chi connectivity index (χ2n) is 4.77. The van der Waals surface area contributed by atoms with E-state index < -0.39 is 15.3 Å². The fourth-order valence-electron chi connectivity index (χ4n) is 1.40. The highest BCUT2D eigenvalue weighted by atomic mass is 32.2. The maximum Gasteiger partial charge on any atom is 0.215 e. The van der Waals surface area contributed by atoms with Crippen LogP contribution in [0, 0.1) is 6.92 Å². The molecule has 0 fully saturated rings. The molecule has 1 aromatic heterocycles. The molecule has 6 heteroatoms. The number of nitrogens with one attached hydrogen (secondary N) is 2. The van der Waals surface area contributed by atoms with Gasteiger partial charge in [-0.15, -0.1) is 11.3 Å². The van der Waals surface area contributed by atoms with Crippen molar-refractivity contribution >= 4 is 21.4 Å². The third-order valence-corrected chi connectivity index (χ3v) is 5.54. The molecule has 1 heterocycles. The van der Waals surface area contributed by atoms with Crippen molar-refractivity contribution in [3.8, 4) is 0 Å². The van der Waals surface area contributed by atoms with Crippen molar-refractivity contribution in [2.75, 3.05) is 6.54 Å². The molecule has 0 aliphatic rings. The van der Waals surface area contributed by atoms with E-state index in [-0.39, 0.29) is 0 Å². The summed E-state index contributed by atoms with van der Waals surface area (Å²) in [6, 6.07) is 2.29. The van der Waals surface area contributed by atoms with E-state index in [0.29, 0.717) is 19.1 Å². The predicted molar refractivity (Wildman–Crippen MR) is 77.4 cm³/mol. The van der Waals surface area contributed by atoms with Gasteiger partial charge in [0.15, 0.2) is 0 Å². The van der Waals surface area contributed by atoms with Crippen molar-refractivity contribution in [3.05, 3.63) is 21.9 Å². The van der Waals surface area contributed by atoms with Crippen molar-refractivity contribution in [1.82, 2.24) is 10.0 Å². The van der Waals surface area contributed by atoms with E-state index in [1.54, 1.807) is 18.3 Å². The molecule has 0 saturated heterocycles. The molecule has 1 aromatic rings. The Morgan fingerprint density at radius 1 is 1.33 bits per heavy atom. The Kier molecular flexibility index (Phi) is 5.78. The van der Waals surface area contributed by atoms with Crippen LogP contribution in [0.1, 0.15) is 31.2 Å².